The first-order valence-corrected chi connectivity index (χ1v) is 10.8. The first-order chi connectivity index (χ1) is 12.9. The molecule has 0 aliphatic heterocycles. The van der Waals surface area contributed by atoms with Gasteiger partial charge in [0, 0.05) is 31.4 Å². The highest BCUT2D eigenvalue weighted by Gasteiger charge is 2.24. The fraction of sp³-hybridized carbons (Fsp3) is 0.550. The van der Waals surface area contributed by atoms with Crippen molar-refractivity contribution in [2.24, 2.45) is 0 Å². The van der Waals surface area contributed by atoms with Crippen molar-refractivity contribution in [1.29, 1.82) is 0 Å². The van der Waals surface area contributed by atoms with Gasteiger partial charge in [-0.05, 0) is 32.8 Å². The molecule has 0 aromatic carbocycles. The Balaban J connectivity index is 2.23. The average Bonchev–Trinajstić information content (AvgIpc) is 3.13. The molecule has 3 aromatic rings. The number of halogens is 1. The molecule has 3 rings (SSSR count). The van der Waals surface area contributed by atoms with Crippen molar-refractivity contribution in [3.05, 3.63) is 28.3 Å². The van der Waals surface area contributed by atoms with E-state index in [4.69, 9.17) is 21.7 Å². The zero-order chi connectivity index (χ0) is 19.7. The van der Waals surface area contributed by atoms with Gasteiger partial charge in [-0.1, -0.05) is 49.6 Å². The van der Waals surface area contributed by atoms with Crippen molar-refractivity contribution >= 4 is 33.7 Å². The summed E-state index contributed by atoms with van der Waals surface area (Å²) in [5, 5.41) is 6.28. The van der Waals surface area contributed by atoms with E-state index in [1.807, 2.05) is 30.4 Å². The lowest BCUT2D eigenvalue weighted by atomic mass is 9.94. The van der Waals surface area contributed by atoms with Gasteiger partial charge in [0.05, 0.1) is 16.1 Å². The van der Waals surface area contributed by atoms with Gasteiger partial charge in [0.2, 0.25) is 0 Å². The fourth-order valence-corrected chi connectivity index (χ4v) is 4.92. The Morgan fingerprint density at radius 1 is 1.15 bits per heavy atom. The number of aromatic nitrogens is 4. The largest absolute Gasteiger partial charge is 0.354 e. The first-order valence-electron chi connectivity index (χ1n) is 9.58. The van der Waals surface area contributed by atoms with Crippen LogP contribution in [0.15, 0.2) is 6.07 Å². The van der Waals surface area contributed by atoms with E-state index in [2.05, 4.69) is 31.8 Å². The molecule has 0 fully saturated rings. The van der Waals surface area contributed by atoms with E-state index in [0.29, 0.717) is 11.1 Å². The van der Waals surface area contributed by atoms with Crippen LogP contribution in [0.4, 0.5) is 5.13 Å². The van der Waals surface area contributed by atoms with Crippen LogP contribution in [-0.4, -0.2) is 33.7 Å². The predicted molar refractivity (Wildman–Crippen MR) is 115 cm³/mol. The summed E-state index contributed by atoms with van der Waals surface area (Å²) in [6.45, 7) is 8.58. The molecule has 0 atom stereocenters. The second-order valence-electron chi connectivity index (χ2n) is 7.30. The topological polar surface area (TPSA) is 46.3 Å². The highest BCUT2D eigenvalue weighted by molar-refractivity contribution is 7.19. The second kappa shape index (κ2) is 8.15. The van der Waals surface area contributed by atoms with Gasteiger partial charge < -0.3 is 4.90 Å². The van der Waals surface area contributed by atoms with Gasteiger partial charge in [-0.15, -0.1) is 0 Å². The monoisotopic (exact) mass is 405 g/mol. The lowest BCUT2D eigenvalue weighted by molar-refractivity contribution is 0.533. The van der Waals surface area contributed by atoms with E-state index in [-0.39, 0.29) is 0 Å². The maximum atomic E-state index is 6.50. The Bertz CT molecular complexity index is 938. The van der Waals surface area contributed by atoms with Crippen LogP contribution >= 0.6 is 22.9 Å². The summed E-state index contributed by atoms with van der Waals surface area (Å²) in [5.41, 5.74) is 5.10. The molecular formula is C20H28ClN5S. The van der Waals surface area contributed by atoms with Crippen LogP contribution in [0.2, 0.25) is 5.15 Å². The summed E-state index contributed by atoms with van der Waals surface area (Å²) in [6.07, 6.45) is 4.64. The molecule has 7 heteroatoms. The minimum absolute atomic E-state index is 0.491. The van der Waals surface area contributed by atoms with Crippen LogP contribution in [0.3, 0.4) is 0 Å². The molecular weight excluding hydrogens is 378 g/mol. The number of rotatable bonds is 7. The van der Waals surface area contributed by atoms with Crippen LogP contribution in [0.5, 0.6) is 0 Å². The van der Waals surface area contributed by atoms with Crippen LogP contribution in [-0.2, 0) is 0 Å². The van der Waals surface area contributed by atoms with Crippen molar-refractivity contribution < 1.29 is 0 Å². The molecule has 3 heterocycles. The molecule has 0 unspecified atom stereocenters. The summed E-state index contributed by atoms with van der Waals surface area (Å²) in [7, 11) is 3.95. The molecule has 0 saturated heterocycles. The number of thiazole rings is 1. The van der Waals surface area contributed by atoms with Crippen molar-refractivity contribution in [1.82, 2.24) is 19.6 Å². The Hall–Kier alpha value is -1.66. The van der Waals surface area contributed by atoms with Gasteiger partial charge in [0.25, 0.3) is 0 Å². The van der Waals surface area contributed by atoms with Gasteiger partial charge in [0.1, 0.15) is 5.15 Å². The minimum Gasteiger partial charge on any atom is -0.354 e. The zero-order valence-electron chi connectivity index (χ0n) is 17.0. The minimum atomic E-state index is 0.491. The van der Waals surface area contributed by atoms with E-state index < -0.39 is 0 Å². The van der Waals surface area contributed by atoms with Gasteiger partial charge in [-0.3, -0.25) is 0 Å². The number of anilines is 1. The van der Waals surface area contributed by atoms with Crippen molar-refractivity contribution in [2.75, 3.05) is 19.0 Å². The van der Waals surface area contributed by atoms with E-state index in [1.165, 1.54) is 5.69 Å². The fourth-order valence-electron chi connectivity index (χ4n) is 3.60. The quantitative estimate of drug-likeness (QED) is 0.492. The molecule has 3 aromatic heterocycles. The van der Waals surface area contributed by atoms with E-state index in [1.54, 1.807) is 11.3 Å². The molecule has 0 aliphatic carbocycles. The Morgan fingerprint density at radius 2 is 1.81 bits per heavy atom. The highest BCUT2D eigenvalue weighted by Crippen LogP contribution is 2.41. The summed E-state index contributed by atoms with van der Waals surface area (Å²) in [4.78, 5) is 12.3. The average molecular weight is 406 g/mol. The van der Waals surface area contributed by atoms with E-state index in [9.17, 15) is 0 Å². The Morgan fingerprint density at radius 3 is 2.37 bits per heavy atom. The predicted octanol–water partition coefficient (Wildman–Crippen LogP) is 5.87. The van der Waals surface area contributed by atoms with Crippen molar-refractivity contribution in [3.63, 3.8) is 0 Å². The molecule has 0 N–H and O–H groups in total. The van der Waals surface area contributed by atoms with Crippen molar-refractivity contribution in [2.45, 2.75) is 59.3 Å². The van der Waals surface area contributed by atoms with Crippen LogP contribution in [0, 0.1) is 13.8 Å². The van der Waals surface area contributed by atoms with E-state index >= 15 is 0 Å². The second-order valence-corrected chi connectivity index (χ2v) is 8.64. The molecule has 146 valence electrons. The first kappa shape index (κ1) is 20.1. The maximum absolute atomic E-state index is 6.50. The number of fused-ring (bicyclic) bond motifs is 1. The molecule has 0 bridgehead atoms. The molecule has 0 amide bonds. The van der Waals surface area contributed by atoms with Gasteiger partial charge in [-0.25, -0.2) is 14.5 Å². The Kier molecular flexibility index (Phi) is 6.06. The van der Waals surface area contributed by atoms with Crippen molar-refractivity contribution in [3.8, 4) is 10.4 Å². The Labute approximate surface area is 170 Å². The third-order valence-electron chi connectivity index (χ3n) is 4.80. The summed E-state index contributed by atoms with van der Waals surface area (Å²) in [6, 6.07) is 2.19. The van der Waals surface area contributed by atoms with Gasteiger partial charge >= 0.3 is 0 Å². The summed E-state index contributed by atoms with van der Waals surface area (Å²) in [5.74, 6) is 0.491. The number of hydrogen-bond donors (Lipinski definition) is 0. The van der Waals surface area contributed by atoms with Crippen LogP contribution in [0.1, 0.15) is 62.5 Å². The molecule has 27 heavy (non-hydrogen) atoms. The number of aryl methyl sites for hydroxylation is 2. The molecule has 0 spiro atoms. The van der Waals surface area contributed by atoms with Gasteiger partial charge in [0.15, 0.2) is 10.8 Å². The molecule has 0 saturated carbocycles. The number of nitrogens with zero attached hydrogens (tertiary/aromatic N) is 5. The number of hydrogen-bond acceptors (Lipinski definition) is 5. The smallest absolute Gasteiger partial charge is 0.186 e. The lowest BCUT2D eigenvalue weighted by Crippen LogP contribution is -2.08. The summed E-state index contributed by atoms with van der Waals surface area (Å²) >= 11 is 8.09. The normalized spacial score (nSPS) is 11.7. The third kappa shape index (κ3) is 3.83. The van der Waals surface area contributed by atoms with Gasteiger partial charge in [-0.2, -0.15) is 5.10 Å². The SMILES string of the molecule is CCCC(CCC)c1cc(C)nc2c(-c3sc(N(C)C)nc3Cl)c(C)nn12. The maximum Gasteiger partial charge on any atom is 0.186 e. The highest BCUT2D eigenvalue weighted by atomic mass is 35.5. The zero-order valence-corrected chi connectivity index (χ0v) is 18.6. The molecule has 5 nitrogen and oxygen atoms in total. The summed E-state index contributed by atoms with van der Waals surface area (Å²) < 4.78 is 2.04. The lowest BCUT2D eigenvalue weighted by Gasteiger charge is -2.17. The molecule has 0 aliphatic rings. The standard InChI is InChI=1S/C20H28ClN5S/c1-7-9-14(10-8-2)15-11-12(3)22-19-16(13(4)24-26(15)19)17-18(21)23-20(27-17)25(5)6/h11,14H,7-10H2,1-6H3. The van der Waals surface area contributed by atoms with Crippen LogP contribution < -0.4 is 4.90 Å². The van der Waals surface area contributed by atoms with Crippen LogP contribution in [0.25, 0.3) is 16.1 Å². The van der Waals surface area contributed by atoms with E-state index in [0.717, 1.165) is 58.3 Å². The third-order valence-corrected chi connectivity index (χ3v) is 6.42. The molecule has 0 radical (unpaired) electrons.